The molecule has 0 saturated carbocycles. The van der Waals surface area contributed by atoms with Crippen LogP contribution in [0.1, 0.15) is 23.7 Å². The number of nitrogens with zero attached hydrogens (tertiary/aromatic N) is 4. The molecule has 7 nitrogen and oxygen atoms in total. The molecule has 3 aromatic rings. The Morgan fingerprint density at radius 2 is 2.15 bits per heavy atom. The molecule has 134 valence electrons. The number of amides is 1. The first kappa shape index (κ1) is 17.1. The lowest BCUT2D eigenvalue weighted by atomic mass is 10.1. The van der Waals surface area contributed by atoms with Crippen LogP contribution in [-0.2, 0) is 11.3 Å². The monoisotopic (exact) mass is 463 g/mol. The van der Waals surface area contributed by atoms with Gasteiger partial charge < -0.3 is 15.4 Å². The summed E-state index contributed by atoms with van der Waals surface area (Å²) in [5.41, 5.74) is 7.79. The largest absolute Gasteiger partial charge is 0.445 e. The molecule has 1 aliphatic rings. The summed E-state index contributed by atoms with van der Waals surface area (Å²) >= 11 is 2.17. The predicted octanol–water partition coefficient (Wildman–Crippen LogP) is 3.04. The van der Waals surface area contributed by atoms with Crippen molar-refractivity contribution in [2.24, 2.45) is 0 Å². The first-order valence-corrected chi connectivity index (χ1v) is 9.45. The summed E-state index contributed by atoms with van der Waals surface area (Å²) in [6.45, 7) is 1.53. The van der Waals surface area contributed by atoms with Gasteiger partial charge in [-0.3, -0.25) is 4.40 Å². The normalized spacial score (nSPS) is 17.0. The minimum Gasteiger partial charge on any atom is -0.445 e. The lowest BCUT2D eigenvalue weighted by molar-refractivity contribution is 0.104. The Labute approximate surface area is 164 Å². The van der Waals surface area contributed by atoms with Crippen molar-refractivity contribution in [1.82, 2.24) is 19.3 Å². The summed E-state index contributed by atoms with van der Waals surface area (Å²) in [5, 5.41) is 0. The van der Waals surface area contributed by atoms with E-state index in [0.717, 1.165) is 27.0 Å². The zero-order valence-corrected chi connectivity index (χ0v) is 16.2. The molecule has 1 fully saturated rings. The standard InChI is InChI=1S/C18H18IN5O2/c19-15-14-16(20)21-7-9-24(14)17(22-15)13-6-8-23(10-13)18(25)26-11-12-4-2-1-3-5-12/h1-5,7,9,13H,6,8,10-11H2,(H2,20,21)/t13-/m0/s1. The second-order valence-electron chi connectivity index (χ2n) is 6.26. The molecule has 0 aliphatic carbocycles. The minimum absolute atomic E-state index is 0.150. The van der Waals surface area contributed by atoms with Gasteiger partial charge in [-0.25, -0.2) is 14.8 Å². The molecular weight excluding hydrogens is 445 g/mol. The SMILES string of the molecule is Nc1nccn2c([C@H]3CCN(C(=O)OCc4ccccc4)C3)nc(I)c12. The molecule has 2 aromatic heterocycles. The quantitative estimate of drug-likeness (QED) is 0.604. The lowest BCUT2D eigenvalue weighted by Gasteiger charge is -2.16. The number of nitrogen functional groups attached to an aromatic ring is 1. The molecular formula is C18H18IN5O2. The molecule has 1 saturated heterocycles. The van der Waals surface area contributed by atoms with Crippen LogP contribution in [0.3, 0.4) is 0 Å². The van der Waals surface area contributed by atoms with Crippen LogP contribution >= 0.6 is 22.6 Å². The van der Waals surface area contributed by atoms with Crippen LogP contribution in [0.25, 0.3) is 5.52 Å². The van der Waals surface area contributed by atoms with E-state index in [0.29, 0.717) is 18.9 Å². The molecule has 3 heterocycles. The van der Waals surface area contributed by atoms with E-state index in [1.54, 1.807) is 11.1 Å². The van der Waals surface area contributed by atoms with Gasteiger partial charge in [0.15, 0.2) is 5.82 Å². The van der Waals surface area contributed by atoms with E-state index in [-0.39, 0.29) is 18.6 Å². The van der Waals surface area contributed by atoms with Gasteiger partial charge in [0, 0.05) is 31.4 Å². The number of hydrogen-bond acceptors (Lipinski definition) is 5. The molecule has 26 heavy (non-hydrogen) atoms. The highest BCUT2D eigenvalue weighted by Crippen LogP contribution is 2.30. The fraction of sp³-hybridized carbons (Fsp3) is 0.278. The Morgan fingerprint density at radius 1 is 1.35 bits per heavy atom. The highest BCUT2D eigenvalue weighted by molar-refractivity contribution is 14.1. The third-order valence-electron chi connectivity index (χ3n) is 4.58. The van der Waals surface area contributed by atoms with Crippen LogP contribution in [0.2, 0.25) is 0 Å². The van der Waals surface area contributed by atoms with Crippen LogP contribution in [0, 0.1) is 3.70 Å². The fourth-order valence-corrected chi connectivity index (χ4v) is 4.06. The first-order chi connectivity index (χ1) is 12.6. The van der Waals surface area contributed by atoms with Gasteiger partial charge in [-0.2, -0.15) is 0 Å². The average Bonchev–Trinajstić information content (AvgIpc) is 3.26. The van der Waals surface area contributed by atoms with Crippen molar-refractivity contribution in [2.75, 3.05) is 18.8 Å². The Balaban J connectivity index is 1.45. The highest BCUT2D eigenvalue weighted by atomic mass is 127. The number of nitrogens with two attached hydrogens (primary N) is 1. The van der Waals surface area contributed by atoms with E-state index < -0.39 is 0 Å². The second kappa shape index (κ2) is 7.10. The number of aromatic nitrogens is 3. The number of halogens is 1. The van der Waals surface area contributed by atoms with Crippen LogP contribution in [0.4, 0.5) is 10.6 Å². The number of benzene rings is 1. The third-order valence-corrected chi connectivity index (χ3v) is 5.34. The molecule has 2 N–H and O–H groups in total. The van der Waals surface area contributed by atoms with Crippen LogP contribution in [-0.4, -0.2) is 38.5 Å². The van der Waals surface area contributed by atoms with Crippen molar-refractivity contribution < 1.29 is 9.53 Å². The van der Waals surface area contributed by atoms with Crippen molar-refractivity contribution in [3.8, 4) is 0 Å². The third kappa shape index (κ3) is 3.20. The number of ether oxygens (including phenoxy) is 1. The lowest BCUT2D eigenvalue weighted by Crippen LogP contribution is -2.29. The summed E-state index contributed by atoms with van der Waals surface area (Å²) in [5.74, 6) is 1.53. The van der Waals surface area contributed by atoms with Gasteiger partial charge in [0.05, 0.1) is 0 Å². The van der Waals surface area contributed by atoms with E-state index in [1.165, 1.54) is 0 Å². The number of likely N-dealkylation sites (tertiary alicyclic amines) is 1. The number of imidazole rings is 1. The number of anilines is 1. The maximum Gasteiger partial charge on any atom is 0.410 e. The van der Waals surface area contributed by atoms with Gasteiger partial charge in [0.25, 0.3) is 0 Å². The molecule has 0 bridgehead atoms. The zero-order chi connectivity index (χ0) is 18.1. The fourth-order valence-electron chi connectivity index (χ4n) is 3.28. The Hall–Kier alpha value is -2.36. The van der Waals surface area contributed by atoms with Gasteiger partial charge >= 0.3 is 6.09 Å². The zero-order valence-electron chi connectivity index (χ0n) is 14.0. The van der Waals surface area contributed by atoms with Crippen molar-refractivity contribution in [2.45, 2.75) is 18.9 Å². The summed E-state index contributed by atoms with van der Waals surface area (Å²) in [4.78, 5) is 22.9. The van der Waals surface area contributed by atoms with Crippen molar-refractivity contribution in [3.63, 3.8) is 0 Å². The second-order valence-corrected chi connectivity index (χ2v) is 7.29. The van der Waals surface area contributed by atoms with E-state index in [9.17, 15) is 4.79 Å². The molecule has 0 spiro atoms. The van der Waals surface area contributed by atoms with Crippen LogP contribution in [0.5, 0.6) is 0 Å². The van der Waals surface area contributed by atoms with Gasteiger partial charge in [-0.05, 0) is 34.6 Å². The number of hydrogen-bond donors (Lipinski definition) is 1. The molecule has 1 amide bonds. The average molecular weight is 463 g/mol. The predicted molar refractivity (Wildman–Crippen MR) is 106 cm³/mol. The summed E-state index contributed by atoms with van der Waals surface area (Å²) in [6, 6.07) is 9.68. The summed E-state index contributed by atoms with van der Waals surface area (Å²) < 4.78 is 8.24. The van der Waals surface area contributed by atoms with Gasteiger partial charge in [0.2, 0.25) is 0 Å². The van der Waals surface area contributed by atoms with E-state index in [1.807, 2.05) is 40.9 Å². The minimum atomic E-state index is -0.284. The van der Waals surface area contributed by atoms with Crippen molar-refractivity contribution >= 4 is 40.0 Å². The Kier molecular flexibility index (Phi) is 4.66. The smallest absolute Gasteiger partial charge is 0.410 e. The number of carbonyl (C=O) groups is 1. The molecule has 1 aromatic carbocycles. The molecule has 0 unspecified atom stereocenters. The Morgan fingerprint density at radius 3 is 2.96 bits per heavy atom. The molecule has 0 radical (unpaired) electrons. The highest BCUT2D eigenvalue weighted by Gasteiger charge is 2.31. The van der Waals surface area contributed by atoms with Crippen LogP contribution in [0.15, 0.2) is 42.7 Å². The topological polar surface area (TPSA) is 85.8 Å². The first-order valence-electron chi connectivity index (χ1n) is 8.37. The maximum absolute atomic E-state index is 12.4. The van der Waals surface area contributed by atoms with Crippen molar-refractivity contribution in [1.29, 1.82) is 0 Å². The van der Waals surface area contributed by atoms with Crippen molar-refractivity contribution in [3.05, 3.63) is 57.8 Å². The number of fused-ring (bicyclic) bond motifs is 1. The molecule has 1 aliphatic heterocycles. The summed E-state index contributed by atoms with van der Waals surface area (Å²) in [6.07, 6.45) is 4.10. The van der Waals surface area contributed by atoms with Crippen LogP contribution < -0.4 is 5.73 Å². The Bertz CT molecular complexity index is 943. The van der Waals surface area contributed by atoms with Gasteiger partial charge in [0.1, 0.15) is 21.6 Å². The molecule has 1 atom stereocenters. The van der Waals surface area contributed by atoms with E-state index in [4.69, 9.17) is 10.5 Å². The van der Waals surface area contributed by atoms with Gasteiger partial charge in [-0.15, -0.1) is 0 Å². The maximum atomic E-state index is 12.4. The number of carbonyl (C=O) groups excluding carboxylic acids is 1. The van der Waals surface area contributed by atoms with E-state index in [2.05, 4.69) is 32.6 Å². The van der Waals surface area contributed by atoms with Gasteiger partial charge in [-0.1, -0.05) is 30.3 Å². The molecule has 8 heteroatoms. The summed E-state index contributed by atoms with van der Waals surface area (Å²) in [7, 11) is 0. The molecule has 4 rings (SSSR count). The number of rotatable bonds is 3. The van der Waals surface area contributed by atoms with E-state index >= 15 is 0 Å².